The van der Waals surface area contributed by atoms with Crippen molar-refractivity contribution in [3.05, 3.63) is 28.3 Å². The van der Waals surface area contributed by atoms with Crippen LogP contribution in [0, 0.1) is 10.1 Å². The van der Waals surface area contributed by atoms with Crippen LogP contribution in [0.5, 0.6) is 5.75 Å². The third-order valence-corrected chi connectivity index (χ3v) is 4.51. The molecule has 1 aromatic carbocycles. The number of carbonyl (C=O) groups is 2. The number of esters is 1. The second-order valence-electron chi connectivity index (χ2n) is 6.24. The summed E-state index contributed by atoms with van der Waals surface area (Å²) < 4.78 is 11.0. The molecule has 0 aromatic heterocycles. The van der Waals surface area contributed by atoms with E-state index in [0.717, 1.165) is 25.7 Å². The van der Waals surface area contributed by atoms with Crippen LogP contribution in [0.4, 0.5) is 11.4 Å². The number of fused-ring (bicyclic) bond motifs is 1. The average Bonchev–Trinajstić information content (AvgIpc) is 3.09. The van der Waals surface area contributed by atoms with Gasteiger partial charge in [-0.2, -0.15) is 0 Å². The van der Waals surface area contributed by atoms with Crippen molar-refractivity contribution in [2.45, 2.75) is 51.2 Å². The van der Waals surface area contributed by atoms with Crippen LogP contribution >= 0.6 is 0 Å². The minimum atomic E-state index is -0.715. The molecule has 1 unspecified atom stereocenters. The van der Waals surface area contributed by atoms with Crippen molar-refractivity contribution in [2.75, 3.05) is 11.4 Å². The maximum atomic E-state index is 12.6. The Balaban J connectivity index is 1.85. The molecule has 0 radical (unpaired) electrons. The first kappa shape index (κ1) is 17.2. The van der Waals surface area contributed by atoms with Crippen LogP contribution in [0.25, 0.3) is 0 Å². The van der Waals surface area contributed by atoms with Crippen LogP contribution in [0.1, 0.15) is 39.0 Å². The number of ether oxygens (including phenoxy) is 2. The predicted octanol–water partition coefficient (Wildman–Crippen LogP) is 2.58. The monoisotopic (exact) mass is 348 g/mol. The molecule has 1 saturated carbocycles. The first-order chi connectivity index (χ1) is 12.0. The highest BCUT2D eigenvalue weighted by atomic mass is 16.6. The molecule has 2 aliphatic rings. The van der Waals surface area contributed by atoms with E-state index < -0.39 is 17.0 Å². The van der Waals surface area contributed by atoms with Crippen molar-refractivity contribution in [1.29, 1.82) is 0 Å². The van der Waals surface area contributed by atoms with Gasteiger partial charge in [0.05, 0.1) is 10.6 Å². The van der Waals surface area contributed by atoms with Gasteiger partial charge in [-0.3, -0.25) is 24.6 Å². The molecule has 8 nitrogen and oxygen atoms in total. The summed E-state index contributed by atoms with van der Waals surface area (Å²) in [6.45, 7) is 1.53. The molecule has 1 fully saturated rings. The summed E-state index contributed by atoms with van der Waals surface area (Å²) in [6, 6.07) is 4.02. The van der Waals surface area contributed by atoms with Crippen LogP contribution in [-0.4, -0.2) is 35.6 Å². The molecule has 8 heteroatoms. The Morgan fingerprint density at radius 2 is 2.12 bits per heavy atom. The van der Waals surface area contributed by atoms with Gasteiger partial charge >= 0.3 is 5.97 Å². The summed E-state index contributed by atoms with van der Waals surface area (Å²) in [5.74, 6) is -0.543. The molecule has 1 aliphatic heterocycles. The van der Waals surface area contributed by atoms with Crippen molar-refractivity contribution in [3.8, 4) is 5.75 Å². The number of hydrogen-bond acceptors (Lipinski definition) is 6. The average molecular weight is 348 g/mol. The van der Waals surface area contributed by atoms with E-state index in [0.29, 0.717) is 12.2 Å². The summed E-state index contributed by atoms with van der Waals surface area (Å²) in [4.78, 5) is 36.5. The number of anilines is 1. The molecule has 1 amide bonds. The van der Waals surface area contributed by atoms with Crippen LogP contribution in [0.15, 0.2) is 18.2 Å². The molecule has 134 valence electrons. The lowest BCUT2D eigenvalue weighted by molar-refractivity contribution is -0.384. The molecule has 1 aliphatic carbocycles. The van der Waals surface area contributed by atoms with Crippen molar-refractivity contribution < 1.29 is 24.0 Å². The second kappa shape index (κ2) is 7.08. The first-order valence-corrected chi connectivity index (χ1v) is 8.45. The fourth-order valence-electron chi connectivity index (χ4n) is 3.21. The maximum absolute atomic E-state index is 12.6. The highest BCUT2D eigenvalue weighted by Crippen LogP contribution is 2.37. The van der Waals surface area contributed by atoms with Crippen LogP contribution in [-0.2, 0) is 14.3 Å². The van der Waals surface area contributed by atoms with Crippen molar-refractivity contribution in [2.24, 2.45) is 0 Å². The fraction of sp³-hybridized carbons (Fsp3) is 0.529. The van der Waals surface area contributed by atoms with Gasteiger partial charge in [-0.05, 0) is 38.2 Å². The van der Waals surface area contributed by atoms with Gasteiger partial charge in [-0.1, -0.05) is 6.92 Å². The number of nitro benzene ring substituents is 1. The number of hydrogen-bond donors (Lipinski definition) is 0. The van der Waals surface area contributed by atoms with Gasteiger partial charge in [0, 0.05) is 12.1 Å². The van der Waals surface area contributed by atoms with E-state index in [1.807, 2.05) is 0 Å². The molecular formula is C17H20N2O6. The molecular weight excluding hydrogens is 328 g/mol. The minimum absolute atomic E-state index is 0.102. The lowest BCUT2D eigenvalue weighted by atomic mass is 10.1. The Labute approximate surface area is 144 Å². The van der Waals surface area contributed by atoms with Gasteiger partial charge in [0.15, 0.2) is 6.10 Å². The number of rotatable bonds is 5. The van der Waals surface area contributed by atoms with Gasteiger partial charge < -0.3 is 9.47 Å². The van der Waals surface area contributed by atoms with Gasteiger partial charge in [-0.25, -0.2) is 0 Å². The normalized spacial score (nSPS) is 20.1. The molecule has 0 N–H and O–H groups in total. The number of benzene rings is 1. The quantitative estimate of drug-likeness (QED) is 0.461. The number of amides is 1. The Kier molecular flexibility index (Phi) is 4.87. The summed E-state index contributed by atoms with van der Waals surface area (Å²) in [5.41, 5.74) is 0.0616. The standard InChI is InChI=1S/C17H20N2O6/c1-2-14-17(21)18(10-16(20)24-12-5-3-4-6-12)13-9-11(19(22)23)7-8-15(13)25-14/h7-9,12,14H,2-6,10H2,1H3. The summed E-state index contributed by atoms with van der Waals surface area (Å²) in [5, 5.41) is 11.0. The molecule has 0 spiro atoms. The Morgan fingerprint density at radius 1 is 1.40 bits per heavy atom. The zero-order valence-electron chi connectivity index (χ0n) is 14.0. The molecule has 25 heavy (non-hydrogen) atoms. The van der Waals surface area contributed by atoms with Crippen molar-refractivity contribution in [3.63, 3.8) is 0 Å². The van der Waals surface area contributed by atoms with E-state index in [1.165, 1.54) is 23.1 Å². The van der Waals surface area contributed by atoms with Gasteiger partial charge in [0.25, 0.3) is 11.6 Å². The topological polar surface area (TPSA) is 99.0 Å². The van der Waals surface area contributed by atoms with Crippen molar-refractivity contribution in [1.82, 2.24) is 0 Å². The molecule has 0 bridgehead atoms. The van der Waals surface area contributed by atoms with E-state index in [9.17, 15) is 19.7 Å². The van der Waals surface area contributed by atoms with E-state index in [1.54, 1.807) is 6.92 Å². The third-order valence-electron chi connectivity index (χ3n) is 4.51. The second-order valence-corrected chi connectivity index (χ2v) is 6.24. The Morgan fingerprint density at radius 3 is 2.76 bits per heavy atom. The van der Waals surface area contributed by atoms with E-state index in [4.69, 9.17) is 9.47 Å². The highest BCUT2D eigenvalue weighted by molar-refractivity contribution is 6.03. The van der Waals surface area contributed by atoms with E-state index in [2.05, 4.69) is 0 Å². The Hall–Kier alpha value is -2.64. The first-order valence-electron chi connectivity index (χ1n) is 8.45. The maximum Gasteiger partial charge on any atom is 0.326 e. The van der Waals surface area contributed by atoms with Crippen LogP contribution in [0.3, 0.4) is 0 Å². The van der Waals surface area contributed by atoms with E-state index >= 15 is 0 Å². The van der Waals surface area contributed by atoms with Gasteiger partial charge in [0.1, 0.15) is 18.4 Å². The van der Waals surface area contributed by atoms with E-state index in [-0.39, 0.29) is 29.9 Å². The lowest BCUT2D eigenvalue weighted by Crippen LogP contribution is -2.48. The fourth-order valence-corrected chi connectivity index (χ4v) is 3.21. The van der Waals surface area contributed by atoms with Crippen LogP contribution < -0.4 is 9.64 Å². The summed E-state index contributed by atoms with van der Waals surface area (Å²) in [7, 11) is 0. The predicted molar refractivity (Wildman–Crippen MR) is 88.5 cm³/mol. The zero-order chi connectivity index (χ0) is 18.0. The smallest absolute Gasteiger partial charge is 0.326 e. The molecule has 1 aromatic rings. The van der Waals surface area contributed by atoms with Crippen LogP contribution in [0.2, 0.25) is 0 Å². The molecule has 1 heterocycles. The molecule has 3 rings (SSSR count). The number of nitrogens with zero attached hydrogens (tertiary/aromatic N) is 2. The van der Waals surface area contributed by atoms with Gasteiger partial charge in [0.2, 0.25) is 0 Å². The SMILES string of the molecule is CCC1Oc2ccc([N+](=O)[O-])cc2N(CC(=O)OC2CCCC2)C1=O. The lowest BCUT2D eigenvalue weighted by Gasteiger charge is -2.33. The zero-order valence-corrected chi connectivity index (χ0v) is 14.0. The molecule has 0 saturated heterocycles. The number of non-ortho nitro benzene ring substituents is 1. The van der Waals surface area contributed by atoms with Gasteiger partial charge in [-0.15, -0.1) is 0 Å². The number of carbonyl (C=O) groups excluding carboxylic acids is 2. The third kappa shape index (κ3) is 3.57. The number of nitro groups is 1. The van der Waals surface area contributed by atoms with Crippen molar-refractivity contribution >= 4 is 23.3 Å². The largest absolute Gasteiger partial charge is 0.478 e. The highest BCUT2D eigenvalue weighted by Gasteiger charge is 2.36. The Bertz CT molecular complexity index is 698. The minimum Gasteiger partial charge on any atom is -0.478 e. The molecule has 1 atom stereocenters. The summed E-state index contributed by atoms with van der Waals surface area (Å²) >= 11 is 0. The summed E-state index contributed by atoms with van der Waals surface area (Å²) in [6.07, 6.45) is 3.35.